The summed E-state index contributed by atoms with van der Waals surface area (Å²) in [6.45, 7) is -0.278. The van der Waals surface area contributed by atoms with Crippen LogP contribution in [-0.4, -0.2) is 41.6 Å². The van der Waals surface area contributed by atoms with E-state index in [1.165, 1.54) is 27.3 Å². The quantitative estimate of drug-likeness (QED) is 0.230. The maximum absolute atomic E-state index is 14.0. The van der Waals surface area contributed by atoms with Crippen molar-refractivity contribution in [2.75, 3.05) is 29.2 Å². The highest BCUT2D eigenvalue weighted by atomic mass is 79.9. The van der Waals surface area contributed by atoms with E-state index in [4.69, 9.17) is 23.2 Å². The zero-order valence-electron chi connectivity index (χ0n) is 22.7. The van der Waals surface area contributed by atoms with E-state index in [0.717, 1.165) is 27.1 Å². The second-order valence-corrected chi connectivity index (χ2v) is 14.2. The second kappa shape index (κ2) is 11.8. The van der Waals surface area contributed by atoms with Crippen LogP contribution in [0.25, 0.3) is 0 Å². The summed E-state index contributed by atoms with van der Waals surface area (Å²) in [5, 5.41) is 3.13. The molecule has 1 saturated heterocycles. The maximum Gasteiger partial charge on any atom is 0.308 e. The van der Waals surface area contributed by atoms with E-state index in [1.54, 1.807) is 36.4 Å². The topological polar surface area (TPSA) is 91.7 Å². The van der Waals surface area contributed by atoms with E-state index in [-0.39, 0.29) is 28.3 Å². The van der Waals surface area contributed by atoms with Gasteiger partial charge in [-0.15, -0.1) is 0 Å². The summed E-state index contributed by atoms with van der Waals surface area (Å²) in [7, 11) is 3.87. The number of thioether (sulfide) groups is 1. The Morgan fingerprint density at radius 1 is 0.953 bits per heavy atom. The molecule has 3 heterocycles. The minimum absolute atomic E-state index is 0.278. The molecule has 0 radical (unpaired) electrons. The lowest BCUT2D eigenvalue weighted by atomic mass is 9.83. The molecule has 220 valence electrons. The fourth-order valence-electron chi connectivity index (χ4n) is 5.36. The smallest absolute Gasteiger partial charge is 0.308 e. The van der Waals surface area contributed by atoms with Crippen LogP contribution in [0.15, 0.2) is 81.0 Å². The number of hydrogen-bond acceptors (Lipinski definition) is 7. The summed E-state index contributed by atoms with van der Waals surface area (Å²) in [5.41, 5.74) is 2.71. The molecule has 3 atom stereocenters. The highest BCUT2D eigenvalue weighted by molar-refractivity contribution is 9.10. The molecule has 6 rings (SSSR count). The van der Waals surface area contributed by atoms with Crippen LogP contribution in [-0.2, 0) is 20.9 Å². The number of benzene rings is 3. The molecule has 2 unspecified atom stereocenters. The van der Waals surface area contributed by atoms with Gasteiger partial charge < -0.3 is 10.2 Å². The number of carbonyl (C=O) groups excluding carboxylic acids is 3. The van der Waals surface area contributed by atoms with E-state index in [0.29, 0.717) is 26.3 Å². The average Bonchev–Trinajstić information content (AvgIpc) is 3.41. The van der Waals surface area contributed by atoms with Crippen LogP contribution in [0.2, 0.25) is 10.0 Å². The molecule has 2 aliphatic rings. The molecule has 3 aromatic carbocycles. The van der Waals surface area contributed by atoms with E-state index >= 15 is 0 Å². The number of aromatic nitrogens is 1. The number of amides is 3. The van der Waals surface area contributed by atoms with Gasteiger partial charge in [-0.2, -0.15) is 0 Å². The lowest BCUT2D eigenvalue weighted by Gasteiger charge is -2.31. The van der Waals surface area contributed by atoms with Gasteiger partial charge in [-0.3, -0.25) is 23.7 Å². The summed E-state index contributed by atoms with van der Waals surface area (Å²) < 4.78 is 2.21. The van der Waals surface area contributed by atoms with E-state index in [2.05, 4.69) is 21.2 Å². The number of nitrogens with zero attached hydrogens (tertiary/aromatic N) is 3. The molecular formula is C30H23BrCl2N4O4S2. The van der Waals surface area contributed by atoms with Crippen molar-refractivity contribution < 1.29 is 14.4 Å². The number of rotatable bonds is 6. The van der Waals surface area contributed by atoms with Gasteiger partial charge in [0.1, 0.15) is 11.8 Å². The first kappa shape index (κ1) is 30.0. The highest BCUT2D eigenvalue weighted by Gasteiger charge is 2.56. The maximum atomic E-state index is 14.0. The Morgan fingerprint density at radius 2 is 1.65 bits per heavy atom. The Bertz CT molecular complexity index is 1830. The Hall–Kier alpha value is -3.09. The first-order valence-corrected chi connectivity index (χ1v) is 16.3. The average molecular weight is 718 g/mol. The summed E-state index contributed by atoms with van der Waals surface area (Å²) in [4.78, 5) is 57.9. The molecule has 1 fully saturated rings. The van der Waals surface area contributed by atoms with Gasteiger partial charge in [0.25, 0.3) is 0 Å². The normalized spacial score (nSPS) is 19.3. The SMILES string of the molecule is CN(C)c1ccc([C@H]2c3sc(=O)n(CC(=O)Nc4ccc(Cl)c(Cl)c4)c3SC3C(=O)N(c4ccc(Br)cc4)C(=O)C32)cc1. The number of anilines is 3. The minimum Gasteiger partial charge on any atom is -0.378 e. The zero-order chi connectivity index (χ0) is 30.6. The lowest BCUT2D eigenvalue weighted by molar-refractivity contribution is -0.122. The fraction of sp³-hybridized carbons (Fsp3) is 0.200. The molecule has 1 aromatic heterocycles. The molecule has 8 nitrogen and oxygen atoms in total. The summed E-state index contributed by atoms with van der Waals surface area (Å²) in [6, 6.07) is 19.5. The summed E-state index contributed by atoms with van der Waals surface area (Å²) in [6.07, 6.45) is 0. The van der Waals surface area contributed by atoms with Crippen LogP contribution in [0.1, 0.15) is 16.4 Å². The van der Waals surface area contributed by atoms with Gasteiger partial charge in [-0.1, -0.05) is 74.4 Å². The zero-order valence-corrected chi connectivity index (χ0v) is 27.4. The van der Waals surface area contributed by atoms with E-state index in [1.807, 2.05) is 43.3 Å². The fourth-order valence-corrected chi connectivity index (χ4v) is 8.69. The largest absolute Gasteiger partial charge is 0.378 e. The van der Waals surface area contributed by atoms with Crippen LogP contribution in [0.3, 0.4) is 0 Å². The first-order chi connectivity index (χ1) is 20.5. The number of fused-ring (bicyclic) bond motifs is 2. The molecule has 4 aromatic rings. The van der Waals surface area contributed by atoms with Crippen LogP contribution in [0.4, 0.5) is 17.1 Å². The third kappa shape index (κ3) is 5.53. The number of nitrogens with one attached hydrogen (secondary N) is 1. The third-order valence-electron chi connectivity index (χ3n) is 7.41. The van der Waals surface area contributed by atoms with Crippen LogP contribution < -0.4 is 20.0 Å². The van der Waals surface area contributed by atoms with Gasteiger partial charge in [0, 0.05) is 40.7 Å². The standard InChI is InChI=1S/C30H23BrCl2N4O4S2/c1-35(2)18-8-3-15(4-9-18)23-24-25(28(40)37(27(24)39)19-10-5-16(31)6-11-19)42-29-26(23)43-30(41)36(29)14-22(38)34-17-7-12-20(32)21(33)13-17/h3-13,23-25H,14H2,1-2H3,(H,34,38)/t23-,24?,25?/m1/s1. The first-order valence-electron chi connectivity index (χ1n) is 13.1. The molecule has 0 spiro atoms. The summed E-state index contributed by atoms with van der Waals surface area (Å²) in [5.74, 6) is -2.39. The van der Waals surface area contributed by atoms with Gasteiger partial charge >= 0.3 is 4.87 Å². The predicted molar refractivity (Wildman–Crippen MR) is 176 cm³/mol. The van der Waals surface area contributed by atoms with E-state index < -0.39 is 23.0 Å². The summed E-state index contributed by atoms with van der Waals surface area (Å²) >= 11 is 17.7. The van der Waals surface area contributed by atoms with Gasteiger partial charge in [-0.05, 0) is 60.2 Å². The van der Waals surface area contributed by atoms with E-state index in [9.17, 15) is 19.2 Å². The predicted octanol–water partition coefficient (Wildman–Crippen LogP) is 6.48. The van der Waals surface area contributed by atoms with Crippen molar-refractivity contribution in [3.8, 4) is 0 Å². The molecule has 0 bridgehead atoms. The van der Waals surface area contributed by atoms with Crippen molar-refractivity contribution in [3.05, 3.63) is 101 Å². The molecule has 1 N–H and O–H groups in total. The van der Waals surface area contributed by atoms with Crippen molar-refractivity contribution in [1.82, 2.24) is 4.57 Å². The minimum atomic E-state index is -0.777. The van der Waals surface area contributed by atoms with Crippen LogP contribution in [0.5, 0.6) is 0 Å². The molecule has 2 aliphatic heterocycles. The Labute approximate surface area is 273 Å². The number of halogens is 3. The lowest BCUT2D eigenvalue weighted by Crippen LogP contribution is -2.33. The number of hydrogen-bond donors (Lipinski definition) is 1. The molecule has 3 amide bonds. The highest BCUT2D eigenvalue weighted by Crippen LogP contribution is 2.54. The van der Waals surface area contributed by atoms with Gasteiger partial charge in [0.05, 0.1) is 26.7 Å². The van der Waals surface area contributed by atoms with Crippen LogP contribution in [0, 0.1) is 5.92 Å². The van der Waals surface area contributed by atoms with Gasteiger partial charge in [0.15, 0.2) is 0 Å². The van der Waals surface area contributed by atoms with Crippen molar-refractivity contribution in [2.45, 2.75) is 22.7 Å². The van der Waals surface area contributed by atoms with Gasteiger partial charge in [-0.25, -0.2) is 4.90 Å². The van der Waals surface area contributed by atoms with Crippen molar-refractivity contribution in [3.63, 3.8) is 0 Å². The third-order valence-corrected chi connectivity index (χ3v) is 11.3. The molecule has 43 heavy (non-hydrogen) atoms. The number of carbonyl (C=O) groups is 3. The second-order valence-electron chi connectivity index (χ2n) is 10.3. The Kier molecular flexibility index (Phi) is 8.20. The Morgan fingerprint density at radius 3 is 2.30 bits per heavy atom. The molecule has 0 saturated carbocycles. The number of thiazole rings is 1. The van der Waals surface area contributed by atoms with Crippen molar-refractivity contribution in [2.24, 2.45) is 5.92 Å². The molecular weight excluding hydrogens is 695 g/mol. The van der Waals surface area contributed by atoms with Gasteiger partial charge in [0.2, 0.25) is 17.7 Å². The number of imide groups is 1. The van der Waals surface area contributed by atoms with Crippen molar-refractivity contribution in [1.29, 1.82) is 0 Å². The monoisotopic (exact) mass is 716 g/mol. The van der Waals surface area contributed by atoms with Crippen molar-refractivity contribution >= 4 is 97.0 Å². The molecule has 13 heteroatoms. The molecule has 0 aliphatic carbocycles. The van der Waals surface area contributed by atoms with Crippen LogP contribution >= 0.6 is 62.2 Å². The Balaban J connectivity index is 1.40.